The number of rotatable bonds is 4. The van der Waals surface area contributed by atoms with Crippen LogP contribution in [-0.2, 0) is 4.79 Å². The molecule has 5 heteroatoms. The Morgan fingerprint density at radius 3 is 2.43 bits per heavy atom. The van der Waals surface area contributed by atoms with E-state index in [2.05, 4.69) is 29.8 Å². The van der Waals surface area contributed by atoms with Gasteiger partial charge in [0.05, 0.1) is 6.04 Å². The molecule has 2 amide bonds. The van der Waals surface area contributed by atoms with Crippen molar-refractivity contribution in [2.75, 3.05) is 11.9 Å². The highest BCUT2D eigenvalue weighted by atomic mass is 16.2. The van der Waals surface area contributed by atoms with Crippen molar-refractivity contribution in [3.05, 3.63) is 29.8 Å². The summed E-state index contributed by atoms with van der Waals surface area (Å²) >= 11 is 0. The average Bonchev–Trinajstić information content (AvgIpc) is 2.46. The Hall–Kier alpha value is -1.88. The van der Waals surface area contributed by atoms with Crippen molar-refractivity contribution in [3.63, 3.8) is 0 Å². The first-order valence-electron chi connectivity index (χ1n) is 8.25. The van der Waals surface area contributed by atoms with Gasteiger partial charge in [-0.05, 0) is 62.9 Å². The van der Waals surface area contributed by atoms with E-state index in [4.69, 9.17) is 0 Å². The molecule has 0 bridgehead atoms. The first kappa shape index (κ1) is 17.5. The molecule has 126 valence electrons. The van der Waals surface area contributed by atoms with E-state index >= 15 is 0 Å². The number of amides is 2. The van der Waals surface area contributed by atoms with Crippen molar-refractivity contribution in [1.82, 2.24) is 10.6 Å². The molecule has 1 fully saturated rings. The fraction of sp³-hybridized carbons (Fsp3) is 0.556. The van der Waals surface area contributed by atoms with Gasteiger partial charge in [0.2, 0.25) is 5.91 Å². The van der Waals surface area contributed by atoms with Crippen molar-refractivity contribution in [2.45, 2.75) is 52.6 Å². The van der Waals surface area contributed by atoms with Crippen LogP contribution in [0.4, 0.5) is 5.69 Å². The molecule has 3 N–H and O–H groups in total. The number of carbonyl (C=O) groups is 2. The summed E-state index contributed by atoms with van der Waals surface area (Å²) < 4.78 is 0. The molecule has 23 heavy (non-hydrogen) atoms. The summed E-state index contributed by atoms with van der Waals surface area (Å²) in [6.45, 7) is 8.94. The Balaban J connectivity index is 2.00. The fourth-order valence-electron chi connectivity index (χ4n) is 2.92. The second-order valence-corrected chi connectivity index (χ2v) is 7.17. The van der Waals surface area contributed by atoms with Crippen LogP contribution < -0.4 is 16.0 Å². The lowest BCUT2D eigenvalue weighted by Gasteiger charge is -2.38. The summed E-state index contributed by atoms with van der Waals surface area (Å²) in [6.07, 6.45) is 2.13. The molecule has 0 aromatic heterocycles. The predicted octanol–water partition coefficient (Wildman–Crippen LogP) is 2.54. The molecule has 1 unspecified atom stereocenters. The highest BCUT2D eigenvalue weighted by Gasteiger charge is 2.37. The molecule has 5 nitrogen and oxygen atoms in total. The Labute approximate surface area is 138 Å². The number of nitrogens with one attached hydrogen (secondary N) is 3. The van der Waals surface area contributed by atoms with Crippen LogP contribution in [-0.4, -0.2) is 30.4 Å². The zero-order valence-corrected chi connectivity index (χ0v) is 14.4. The molecule has 1 aromatic rings. The largest absolute Gasteiger partial charge is 0.350 e. The van der Waals surface area contributed by atoms with Gasteiger partial charge in [0.1, 0.15) is 0 Å². The molecular weight excluding hydrogens is 290 g/mol. The maximum atomic E-state index is 12.5. The number of carbonyl (C=O) groups excluding carboxylic acids is 2. The third kappa shape index (κ3) is 4.55. The zero-order valence-electron chi connectivity index (χ0n) is 14.4. The number of hydrogen-bond donors (Lipinski definition) is 3. The quantitative estimate of drug-likeness (QED) is 0.799. The van der Waals surface area contributed by atoms with Crippen LogP contribution in [0.5, 0.6) is 0 Å². The molecule has 1 aromatic carbocycles. The van der Waals surface area contributed by atoms with Gasteiger partial charge in [-0.2, -0.15) is 0 Å². The second-order valence-electron chi connectivity index (χ2n) is 7.17. The molecule has 0 saturated carbocycles. The first-order valence-corrected chi connectivity index (χ1v) is 8.25. The van der Waals surface area contributed by atoms with Gasteiger partial charge in [0, 0.05) is 17.3 Å². The van der Waals surface area contributed by atoms with E-state index < -0.39 is 0 Å². The van der Waals surface area contributed by atoms with E-state index in [1.807, 2.05) is 13.8 Å². The van der Waals surface area contributed by atoms with E-state index in [1.165, 1.54) is 0 Å². The molecule has 1 aliphatic rings. The Morgan fingerprint density at radius 2 is 1.87 bits per heavy atom. The SMILES string of the molecule is CC(C)NC(=O)c1ccc(NC(=O)C2NCCCC2(C)C)cc1. The number of anilines is 1. The summed E-state index contributed by atoms with van der Waals surface area (Å²) in [5, 5.41) is 9.09. The lowest BCUT2D eigenvalue weighted by atomic mass is 9.77. The maximum Gasteiger partial charge on any atom is 0.251 e. The highest BCUT2D eigenvalue weighted by Crippen LogP contribution is 2.30. The normalized spacial score (nSPS) is 20.1. The molecule has 0 radical (unpaired) electrons. The molecule has 1 atom stereocenters. The minimum absolute atomic E-state index is 0.0194. The lowest BCUT2D eigenvalue weighted by molar-refractivity contribution is -0.121. The zero-order chi connectivity index (χ0) is 17.0. The Kier molecular flexibility index (Phi) is 5.42. The van der Waals surface area contributed by atoms with Gasteiger partial charge < -0.3 is 16.0 Å². The van der Waals surface area contributed by atoms with Crippen molar-refractivity contribution in [1.29, 1.82) is 0 Å². The van der Waals surface area contributed by atoms with E-state index in [-0.39, 0.29) is 29.3 Å². The van der Waals surface area contributed by atoms with Crippen LogP contribution in [0.15, 0.2) is 24.3 Å². The Morgan fingerprint density at radius 1 is 1.22 bits per heavy atom. The summed E-state index contributed by atoms with van der Waals surface area (Å²) in [4.78, 5) is 24.4. The minimum atomic E-state index is -0.194. The summed E-state index contributed by atoms with van der Waals surface area (Å²) in [5.41, 5.74) is 1.24. The van der Waals surface area contributed by atoms with Crippen LogP contribution in [0.1, 0.15) is 50.9 Å². The molecule has 1 aliphatic heterocycles. The summed E-state index contributed by atoms with van der Waals surface area (Å²) in [6, 6.07) is 6.90. The van der Waals surface area contributed by atoms with E-state index in [0.29, 0.717) is 11.3 Å². The molecule has 0 aliphatic carbocycles. The lowest BCUT2D eigenvalue weighted by Crippen LogP contribution is -2.53. The highest BCUT2D eigenvalue weighted by molar-refractivity contribution is 5.97. The smallest absolute Gasteiger partial charge is 0.251 e. The van der Waals surface area contributed by atoms with Gasteiger partial charge in [-0.3, -0.25) is 9.59 Å². The van der Waals surface area contributed by atoms with Gasteiger partial charge in [0.25, 0.3) is 5.91 Å². The molecular formula is C18H27N3O2. The van der Waals surface area contributed by atoms with E-state index in [0.717, 1.165) is 19.4 Å². The monoisotopic (exact) mass is 317 g/mol. The van der Waals surface area contributed by atoms with Crippen molar-refractivity contribution in [3.8, 4) is 0 Å². The number of benzene rings is 1. The van der Waals surface area contributed by atoms with Gasteiger partial charge >= 0.3 is 0 Å². The third-order valence-corrected chi connectivity index (χ3v) is 4.22. The van der Waals surface area contributed by atoms with Crippen LogP contribution in [0.25, 0.3) is 0 Å². The predicted molar refractivity (Wildman–Crippen MR) is 92.5 cm³/mol. The van der Waals surface area contributed by atoms with Gasteiger partial charge in [-0.25, -0.2) is 0 Å². The van der Waals surface area contributed by atoms with Crippen LogP contribution in [0.2, 0.25) is 0 Å². The topological polar surface area (TPSA) is 70.2 Å². The third-order valence-electron chi connectivity index (χ3n) is 4.22. The van der Waals surface area contributed by atoms with Crippen molar-refractivity contribution >= 4 is 17.5 Å². The molecule has 0 spiro atoms. The van der Waals surface area contributed by atoms with Crippen molar-refractivity contribution in [2.24, 2.45) is 5.41 Å². The summed E-state index contributed by atoms with van der Waals surface area (Å²) in [7, 11) is 0. The number of hydrogen-bond acceptors (Lipinski definition) is 3. The van der Waals surface area contributed by atoms with Crippen LogP contribution >= 0.6 is 0 Å². The number of piperidine rings is 1. The molecule has 2 rings (SSSR count). The van der Waals surface area contributed by atoms with Gasteiger partial charge in [-0.15, -0.1) is 0 Å². The first-order chi connectivity index (χ1) is 10.8. The van der Waals surface area contributed by atoms with E-state index in [9.17, 15) is 9.59 Å². The summed E-state index contributed by atoms with van der Waals surface area (Å²) in [5.74, 6) is -0.123. The van der Waals surface area contributed by atoms with Crippen molar-refractivity contribution < 1.29 is 9.59 Å². The average molecular weight is 317 g/mol. The minimum Gasteiger partial charge on any atom is -0.350 e. The van der Waals surface area contributed by atoms with Gasteiger partial charge in [0.15, 0.2) is 0 Å². The second kappa shape index (κ2) is 7.13. The Bertz CT molecular complexity index is 564. The van der Waals surface area contributed by atoms with Crippen LogP contribution in [0.3, 0.4) is 0 Å². The molecule has 1 saturated heterocycles. The fourth-order valence-corrected chi connectivity index (χ4v) is 2.92. The van der Waals surface area contributed by atoms with Crippen LogP contribution in [0, 0.1) is 5.41 Å². The molecule has 1 heterocycles. The van der Waals surface area contributed by atoms with E-state index in [1.54, 1.807) is 24.3 Å². The standard InChI is InChI=1S/C18H27N3O2/c1-12(2)20-16(22)13-6-8-14(9-7-13)21-17(23)15-18(3,4)10-5-11-19-15/h6-9,12,15,19H,5,10-11H2,1-4H3,(H,20,22)(H,21,23). The van der Waals surface area contributed by atoms with Gasteiger partial charge in [-0.1, -0.05) is 13.8 Å². The maximum absolute atomic E-state index is 12.5.